The van der Waals surface area contributed by atoms with Gasteiger partial charge in [0.2, 0.25) is 5.91 Å². The zero-order valence-corrected chi connectivity index (χ0v) is 13.4. The maximum Gasteiger partial charge on any atom is 0.308 e. The van der Waals surface area contributed by atoms with Crippen molar-refractivity contribution in [2.75, 3.05) is 6.54 Å². The van der Waals surface area contributed by atoms with Gasteiger partial charge in [0, 0.05) is 25.6 Å². The lowest BCUT2D eigenvalue weighted by Gasteiger charge is -2.23. The van der Waals surface area contributed by atoms with Gasteiger partial charge >= 0.3 is 5.97 Å². The largest absolute Gasteiger partial charge is 0.481 e. The number of nitrogens with zero attached hydrogens (tertiary/aromatic N) is 3. The third kappa shape index (κ3) is 2.89. The van der Waals surface area contributed by atoms with Crippen LogP contribution in [0.15, 0.2) is 35.4 Å². The van der Waals surface area contributed by atoms with Gasteiger partial charge in [-0.2, -0.15) is 0 Å². The van der Waals surface area contributed by atoms with Gasteiger partial charge in [0.25, 0.3) is 5.56 Å². The van der Waals surface area contributed by atoms with Crippen molar-refractivity contribution in [2.45, 2.75) is 32.4 Å². The number of fused-ring (bicyclic) bond motifs is 1. The van der Waals surface area contributed by atoms with Gasteiger partial charge in [0.1, 0.15) is 0 Å². The van der Waals surface area contributed by atoms with Crippen molar-refractivity contribution in [3.05, 3.63) is 40.9 Å². The summed E-state index contributed by atoms with van der Waals surface area (Å²) in [5.41, 5.74) is 0.453. The van der Waals surface area contributed by atoms with Gasteiger partial charge in [0.05, 0.1) is 23.1 Å². The van der Waals surface area contributed by atoms with Crippen LogP contribution in [0.25, 0.3) is 10.9 Å². The predicted molar refractivity (Wildman–Crippen MR) is 87.5 cm³/mol. The second-order valence-corrected chi connectivity index (χ2v) is 6.07. The fourth-order valence-electron chi connectivity index (χ4n) is 3.25. The second kappa shape index (κ2) is 6.43. The summed E-state index contributed by atoms with van der Waals surface area (Å²) in [6.45, 7) is 2.44. The number of carbonyl (C=O) groups excluding carboxylic acids is 1. The molecule has 0 saturated carbocycles. The lowest BCUT2D eigenvalue weighted by atomic mass is 10.0. The zero-order chi connectivity index (χ0) is 17.3. The van der Waals surface area contributed by atoms with Gasteiger partial charge in [-0.3, -0.25) is 19.0 Å². The van der Waals surface area contributed by atoms with Gasteiger partial charge in [0.15, 0.2) is 0 Å². The molecule has 1 saturated heterocycles. The highest BCUT2D eigenvalue weighted by atomic mass is 16.4. The van der Waals surface area contributed by atoms with Crippen molar-refractivity contribution in [3.8, 4) is 0 Å². The van der Waals surface area contributed by atoms with E-state index in [0.29, 0.717) is 23.9 Å². The van der Waals surface area contributed by atoms with Crippen LogP contribution >= 0.6 is 0 Å². The van der Waals surface area contributed by atoms with E-state index in [9.17, 15) is 14.4 Å². The first-order valence-electron chi connectivity index (χ1n) is 7.95. The molecule has 1 amide bonds. The Morgan fingerprint density at radius 1 is 1.33 bits per heavy atom. The first-order valence-corrected chi connectivity index (χ1v) is 7.95. The Balaban J connectivity index is 1.70. The van der Waals surface area contributed by atoms with Gasteiger partial charge in [-0.15, -0.1) is 0 Å². The molecule has 0 radical (unpaired) electrons. The minimum atomic E-state index is -0.868. The Morgan fingerprint density at radius 3 is 2.79 bits per heavy atom. The summed E-state index contributed by atoms with van der Waals surface area (Å²) in [7, 11) is 0. The second-order valence-electron chi connectivity index (χ2n) is 6.07. The lowest BCUT2D eigenvalue weighted by Crippen LogP contribution is -2.38. The first kappa shape index (κ1) is 16.2. The number of amides is 1. The molecule has 0 bridgehead atoms. The van der Waals surface area contributed by atoms with Crippen LogP contribution in [-0.4, -0.2) is 44.0 Å². The summed E-state index contributed by atoms with van der Waals surface area (Å²) >= 11 is 0. The normalized spacial score (nSPS) is 20.5. The molecule has 0 spiro atoms. The van der Waals surface area contributed by atoms with Crippen LogP contribution in [0.5, 0.6) is 0 Å². The van der Waals surface area contributed by atoms with Crippen molar-refractivity contribution in [3.63, 3.8) is 0 Å². The lowest BCUT2D eigenvalue weighted by molar-refractivity contribution is -0.143. The molecule has 2 heterocycles. The Hall–Kier alpha value is -2.70. The van der Waals surface area contributed by atoms with Crippen LogP contribution in [0.3, 0.4) is 0 Å². The molecular formula is C17H19N3O4. The van der Waals surface area contributed by atoms with E-state index in [1.54, 1.807) is 30.0 Å². The number of hydrogen-bond acceptors (Lipinski definition) is 4. The number of rotatable bonds is 4. The molecule has 1 aliphatic rings. The summed E-state index contributed by atoms with van der Waals surface area (Å²) in [5, 5.41) is 9.66. The quantitative estimate of drug-likeness (QED) is 0.907. The Labute approximate surface area is 138 Å². The third-order valence-electron chi connectivity index (χ3n) is 4.69. The van der Waals surface area contributed by atoms with E-state index in [1.165, 1.54) is 10.9 Å². The average molecular weight is 329 g/mol. The van der Waals surface area contributed by atoms with Gasteiger partial charge in [-0.05, 0) is 25.5 Å². The van der Waals surface area contributed by atoms with Gasteiger partial charge < -0.3 is 10.0 Å². The summed E-state index contributed by atoms with van der Waals surface area (Å²) < 4.78 is 1.43. The van der Waals surface area contributed by atoms with Gasteiger partial charge in [-0.25, -0.2) is 4.98 Å². The van der Waals surface area contributed by atoms with Crippen LogP contribution in [0.1, 0.15) is 19.8 Å². The van der Waals surface area contributed by atoms with Gasteiger partial charge in [-0.1, -0.05) is 12.1 Å². The number of carboxylic acid groups (broad SMARTS) is 1. The molecule has 7 nitrogen and oxygen atoms in total. The summed E-state index contributed by atoms with van der Waals surface area (Å²) in [4.78, 5) is 41.7. The van der Waals surface area contributed by atoms with Crippen molar-refractivity contribution < 1.29 is 14.7 Å². The fourth-order valence-corrected chi connectivity index (χ4v) is 3.25. The van der Waals surface area contributed by atoms with Crippen LogP contribution < -0.4 is 5.56 Å². The maximum atomic E-state index is 12.4. The molecule has 1 aliphatic heterocycles. The molecule has 2 unspecified atom stereocenters. The highest BCUT2D eigenvalue weighted by Crippen LogP contribution is 2.24. The summed E-state index contributed by atoms with van der Waals surface area (Å²) in [6, 6.07) is 6.75. The molecule has 0 aliphatic carbocycles. The molecule has 7 heteroatoms. The minimum absolute atomic E-state index is 0.133. The number of likely N-dealkylation sites (tertiary alicyclic amines) is 1. The number of carbonyl (C=O) groups is 2. The predicted octanol–water partition coefficient (Wildman–Crippen LogP) is 1.11. The third-order valence-corrected chi connectivity index (χ3v) is 4.69. The molecule has 126 valence electrons. The van der Waals surface area contributed by atoms with Crippen molar-refractivity contribution in [1.29, 1.82) is 0 Å². The average Bonchev–Trinajstić information content (AvgIpc) is 2.96. The SMILES string of the molecule is CC1C(C(=O)O)CCN1C(=O)CCn1cnc2ccccc2c1=O. The molecule has 3 rings (SSSR count). The molecular weight excluding hydrogens is 310 g/mol. The number of carboxylic acids is 1. The highest BCUT2D eigenvalue weighted by Gasteiger charge is 2.37. The number of hydrogen-bond donors (Lipinski definition) is 1. The fraction of sp³-hybridized carbons (Fsp3) is 0.412. The van der Waals surface area contributed by atoms with Crippen molar-refractivity contribution in [2.24, 2.45) is 5.92 Å². The number of aromatic nitrogens is 2. The van der Waals surface area contributed by atoms with Crippen molar-refractivity contribution in [1.82, 2.24) is 14.5 Å². The van der Waals surface area contributed by atoms with E-state index in [4.69, 9.17) is 5.11 Å². The van der Waals surface area contributed by atoms with E-state index in [1.807, 2.05) is 6.07 Å². The molecule has 1 N–H and O–H groups in total. The van der Waals surface area contributed by atoms with Crippen LogP contribution in [0.4, 0.5) is 0 Å². The number of aliphatic carboxylic acids is 1. The van der Waals surface area contributed by atoms with E-state index in [0.717, 1.165) is 0 Å². The van der Waals surface area contributed by atoms with Crippen molar-refractivity contribution >= 4 is 22.8 Å². The number of benzene rings is 1. The molecule has 1 fully saturated rings. The Bertz CT molecular complexity index is 845. The number of para-hydroxylation sites is 1. The topological polar surface area (TPSA) is 92.5 Å². The van der Waals surface area contributed by atoms with E-state index in [-0.39, 0.29) is 30.5 Å². The molecule has 1 aromatic carbocycles. The monoisotopic (exact) mass is 329 g/mol. The standard InChI is InChI=1S/C17H19N3O4/c1-11-12(17(23)24)6-9-20(11)15(21)7-8-19-10-18-14-5-3-2-4-13(14)16(19)22/h2-5,10-12H,6-9H2,1H3,(H,23,24). The zero-order valence-electron chi connectivity index (χ0n) is 13.4. The Morgan fingerprint density at radius 2 is 2.08 bits per heavy atom. The minimum Gasteiger partial charge on any atom is -0.481 e. The summed E-state index contributed by atoms with van der Waals surface area (Å²) in [6.07, 6.45) is 2.07. The number of aryl methyl sites for hydroxylation is 1. The molecule has 2 atom stereocenters. The highest BCUT2D eigenvalue weighted by molar-refractivity contribution is 5.79. The van der Waals surface area contributed by atoms with Crippen LogP contribution in [0, 0.1) is 5.92 Å². The van der Waals surface area contributed by atoms with E-state index in [2.05, 4.69) is 4.98 Å². The maximum absolute atomic E-state index is 12.4. The molecule has 1 aromatic heterocycles. The van der Waals surface area contributed by atoms with E-state index < -0.39 is 11.9 Å². The Kier molecular flexibility index (Phi) is 4.33. The van der Waals surface area contributed by atoms with Crippen LogP contribution in [0.2, 0.25) is 0 Å². The van der Waals surface area contributed by atoms with Crippen LogP contribution in [-0.2, 0) is 16.1 Å². The summed E-state index contributed by atoms with van der Waals surface area (Å²) in [5.74, 6) is -1.52. The smallest absolute Gasteiger partial charge is 0.308 e. The molecule has 2 aromatic rings. The first-order chi connectivity index (χ1) is 11.5. The molecule has 24 heavy (non-hydrogen) atoms. The van der Waals surface area contributed by atoms with E-state index >= 15 is 0 Å².